The molecule has 1 aliphatic heterocycles. The molecule has 1 aromatic heterocycles. The number of nitrogens with one attached hydrogen (secondary N) is 2. The second kappa shape index (κ2) is 9.61. The summed E-state index contributed by atoms with van der Waals surface area (Å²) in [4.78, 5) is 41.0. The summed E-state index contributed by atoms with van der Waals surface area (Å²) in [7, 11) is 0. The number of piperidine rings is 1. The Morgan fingerprint density at radius 2 is 1.91 bits per heavy atom. The smallest absolute Gasteiger partial charge is 0.321 e. The van der Waals surface area contributed by atoms with Crippen LogP contribution in [0.1, 0.15) is 58.4 Å². The second-order valence-corrected chi connectivity index (χ2v) is 9.29. The highest BCUT2D eigenvalue weighted by Gasteiger charge is 2.42. The van der Waals surface area contributed by atoms with Crippen molar-refractivity contribution >= 4 is 34.7 Å². The number of thiazole rings is 1. The molecule has 2 N–H and O–H groups in total. The Labute approximate surface area is 203 Å². The quantitative estimate of drug-likeness (QED) is 0.461. The Hall–Kier alpha value is -3.53. The standard InChI is InChI=1S/C25H22F3N3O3S/c1-2-24(11-10-20(32)31-23(24)34)16-6-8-18(9-7-16)29-22(33)19-14-35-21(30-19)13-15-4-3-5-17(12-15)25(26,27)28/h3-9,12,14H,2,10-11,13H2,1H3,(H,29,33)(H,31,32,34). The molecule has 0 spiro atoms. The zero-order chi connectivity index (χ0) is 25.2. The summed E-state index contributed by atoms with van der Waals surface area (Å²) < 4.78 is 38.8. The third kappa shape index (κ3) is 5.27. The molecule has 0 saturated carbocycles. The molecule has 10 heteroatoms. The van der Waals surface area contributed by atoms with Crippen molar-refractivity contribution in [2.24, 2.45) is 0 Å². The van der Waals surface area contributed by atoms with E-state index in [9.17, 15) is 27.6 Å². The Kier molecular flexibility index (Phi) is 6.75. The van der Waals surface area contributed by atoms with Crippen LogP contribution in [0.2, 0.25) is 0 Å². The number of hydrogen-bond donors (Lipinski definition) is 2. The van der Waals surface area contributed by atoms with E-state index in [0.717, 1.165) is 17.7 Å². The Morgan fingerprint density at radius 3 is 2.57 bits per heavy atom. The summed E-state index contributed by atoms with van der Waals surface area (Å²) in [6, 6.07) is 11.9. The van der Waals surface area contributed by atoms with Crippen molar-refractivity contribution in [2.45, 2.75) is 44.2 Å². The largest absolute Gasteiger partial charge is 0.416 e. The van der Waals surface area contributed by atoms with E-state index < -0.39 is 23.1 Å². The monoisotopic (exact) mass is 501 g/mol. The molecule has 4 rings (SSSR count). The first-order chi connectivity index (χ1) is 16.6. The lowest BCUT2D eigenvalue weighted by molar-refractivity contribution is -0.139. The van der Waals surface area contributed by atoms with Crippen LogP contribution in [0.25, 0.3) is 0 Å². The van der Waals surface area contributed by atoms with Gasteiger partial charge in [0.25, 0.3) is 5.91 Å². The number of aromatic nitrogens is 1. The van der Waals surface area contributed by atoms with Gasteiger partial charge in [0, 0.05) is 23.9 Å². The fourth-order valence-electron chi connectivity index (χ4n) is 4.16. The summed E-state index contributed by atoms with van der Waals surface area (Å²) >= 11 is 1.20. The molecule has 0 aliphatic carbocycles. The molecule has 1 atom stereocenters. The molecular weight excluding hydrogens is 479 g/mol. The molecule has 35 heavy (non-hydrogen) atoms. The van der Waals surface area contributed by atoms with E-state index in [0.29, 0.717) is 29.1 Å². The lowest BCUT2D eigenvalue weighted by Gasteiger charge is -2.35. The summed E-state index contributed by atoms with van der Waals surface area (Å²) in [6.45, 7) is 1.89. The maximum absolute atomic E-state index is 12.9. The number of anilines is 1. The van der Waals surface area contributed by atoms with Crippen LogP contribution >= 0.6 is 11.3 Å². The molecule has 0 bridgehead atoms. The number of nitrogens with zero attached hydrogens (tertiary/aromatic N) is 1. The summed E-state index contributed by atoms with van der Waals surface area (Å²) in [5.41, 5.74) is 0.370. The Balaban J connectivity index is 1.43. The minimum absolute atomic E-state index is 0.163. The number of alkyl halides is 3. The van der Waals surface area contributed by atoms with E-state index in [1.54, 1.807) is 35.7 Å². The molecule has 1 aliphatic rings. The molecule has 1 fully saturated rings. The van der Waals surface area contributed by atoms with Gasteiger partial charge in [0.15, 0.2) is 0 Å². The van der Waals surface area contributed by atoms with Gasteiger partial charge >= 0.3 is 6.18 Å². The molecule has 2 aromatic carbocycles. The number of rotatable bonds is 6. The van der Waals surface area contributed by atoms with Crippen LogP contribution < -0.4 is 10.6 Å². The fourth-order valence-corrected chi connectivity index (χ4v) is 4.97. The molecular formula is C25H22F3N3O3S. The summed E-state index contributed by atoms with van der Waals surface area (Å²) in [6.07, 6.45) is -3.02. The van der Waals surface area contributed by atoms with Crippen LogP contribution in [0.15, 0.2) is 53.9 Å². The zero-order valence-corrected chi connectivity index (χ0v) is 19.6. The van der Waals surface area contributed by atoms with Crippen molar-refractivity contribution in [1.82, 2.24) is 10.3 Å². The minimum Gasteiger partial charge on any atom is -0.321 e. The predicted octanol–water partition coefficient (Wildman–Crippen LogP) is 5.09. The van der Waals surface area contributed by atoms with Gasteiger partial charge in [-0.1, -0.05) is 37.3 Å². The van der Waals surface area contributed by atoms with Crippen molar-refractivity contribution in [1.29, 1.82) is 0 Å². The van der Waals surface area contributed by atoms with Gasteiger partial charge in [-0.3, -0.25) is 19.7 Å². The molecule has 182 valence electrons. The average Bonchev–Trinajstić information content (AvgIpc) is 3.28. The highest BCUT2D eigenvalue weighted by molar-refractivity contribution is 7.09. The van der Waals surface area contributed by atoms with E-state index in [1.807, 2.05) is 6.92 Å². The second-order valence-electron chi connectivity index (χ2n) is 8.35. The average molecular weight is 502 g/mol. The number of halogens is 3. The van der Waals surface area contributed by atoms with Crippen LogP contribution in [-0.4, -0.2) is 22.7 Å². The van der Waals surface area contributed by atoms with Crippen LogP contribution in [0.3, 0.4) is 0 Å². The molecule has 3 aromatic rings. The molecule has 6 nitrogen and oxygen atoms in total. The highest BCUT2D eigenvalue weighted by atomic mass is 32.1. The summed E-state index contributed by atoms with van der Waals surface area (Å²) in [5.74, 6) is -1.04. The first kappa shape index (κ1) is 24.6. The van der Waals surface area contributed by atoms with Gasteiger partial charge in [0.05, 0.1) is 16.0 Å². The first-order valence-corrected chi connectivity index (χ1v) is 11.9. The minimum atomic E-state index is -4.42. The normalized spacial score (nSPS) is 18.3. The maximum Gasteiger partial charge on any atom is 0.416 e. The van der Waals surface area contributed by atoms with E-state index in [2.05, 4.69) is 15.6 Å². The number of carbonyl (C=O) groups excluding carboxylic acids is 3. The van der Waals surface area contributed by atoms with Crippen molar-refractivity contribution in [3.8, 4) is 0 Å². The molecule has 0 radical (unpaired) electrons. The van der Waals surface area contributed by atoms with Crippen LogP contribution in [0.5, 0.6) is 0 Å². The van der Waals surface area contributed by atoms with E-state index in [1.165, 1.54) is 17.4 Å². The topological polar surface area (TPSA) is 88.2 Å². The van der Waals surface area contributed by atoms with Crippen molar-refractivity contribution in [2.75, 3.05) is 5.32 Å². The molecule has 1 unspecified atom stereocenters. The lowest BCUT2D eigenvalue weighted by atomic mass is 9.72. The first-order valence-electron chi connectivity index (χ1n) is 11.0. The highest BCUT2D eigenvalue weighted by Crippen LogP contribution is 2.36. The van der Waals surface area contributed by atoms with Crippen molar-refractivity contribution in [3.63, 3.8) is 0 Å². The predicted molar refractivity (Wildman–Crippen MR) is 125 cm³/mol. The van der Waals surface area contributed by atoms with Gasteiger partial charge in [-0.2, -0.15) is 13.2 Å². The Bertz CT molecular complexity index is 1270. The third-order valence-corrected chi connectivity index (χ3v) is 7.01. The SMILES string of the molecule is CCC1(c2ccc(NC(=O)c3csc(Cc4cccc(C(F)(F)F)c4)n3)cc2)CCC(=O)NC1=O. The number of benzene rings is 2. The number of imide groups is 1. The van der Waals surface area contributed by atoms with Gasteiger partial charge in [-0.05, 0) is 42.2 Å². The van der Waals surface area contributed by atoms with Crippen LogP contribution in [-0.2, 0) is 27.6 Å². The van der Waals surface area contributed by atoms with E-state index in [-0.39, 0.29) is 30.3 Å². The van der Waals surface area contributed by atoms with Gasteiger partial charge < -0.3 is 5.32 Å². The van der Waals surface area contributed by atoms with Gasteiger partial charge in [0.2, 0.25) is 11.8 Å². The van der Waals surface area contributed by atoms with Gasteiger partial charge in [0.1, 0.15) is 5.69 Å². The molecule has 2 heterocycles. The zero-order valence-electron chi connectivity index (χ0n) is 18.7. The van der Waals surface area contributed by atoms with E-state index >= 15 is 0 Å². The third-order valence-electron chi connectivity index (χ3n) is 6.16. The fraction of sp³-hybridized carbons (Fsp3) is 0.280. The van der Waals surface area contributed by atoms with Crippen molar-refractivity contribution < 1.29 is 27.6 Å². The van der Waals surface area contributed by atoms with E-state index in [4.69, 9.17) is 0 Å². The van der Waals surface area contributed by atoms with Crippen molar-refractivity contribution in [3.05, 3.63) is 81.3 Å². The summed E-state index contributed by atoms with van der Waals surface area (Å²) in [5, 5.41) is 7.23. The van der Waals surface area contributed by atoms with Gasteiger partial charge in [-0.25, -0.2) is 4.98 Å². The number of hydrogen-bond acceptors (Lipinski definition) is 5. The van der Waals surface area contributed by atoms with Gasteiger partial charge in [-0.15, -0.1) is 11.3 Å². The van der Waals surface area contributed by atoms with Crippen LogP contribution in [0, 0.1) is 0 Å². The lowest BCUT2D eigenvalue weighted by Crippen LogP contribution is -2.51. The molecule has 1 saturated heterocycles. The number of carbonyl (C=O) groups is 3. The maximum atomic E-state index is 12.9. The molecule has 3 amide bonds. The Morgan fingerprint density at radius 1 is 1.17 bits per heavy atom. The number of amides is 3. The van der Waals surface area contributed by atoms with Crippen LogP contribution in [0.4, 0.5) is 18.9 Å².